The molecule has 0 aromatic rings. The fraction of sp³-hybridized carbons (Fsp3) is 1.00. The smallest absolute Gasteiger partial charge is 0.189 e. The van der Waals surface area contributed by atoms with E-state index < -0.39 is 8.32 Å². The second kappa shape index (κ2) is 9.22. The molecule has 0 amide bonds. The lowest BCUT2D eigenvalue weighted by molar-refractivity contribution is 0.114. The van der Waals surface area contributed by atoms with Crippen LogP contribution in [0.15, 0.2) is 0 Å². The van der Waals surface area contributed by atoms with Gasteiger partial charge in [-0.15, -0.1) is 0 Å². The highest BCUT2D eigenvalue weighted by Crippen LogP contribution is 2.22. The first-order chi connectivity index (χ1) is 10.2. The molecule has 2 aliphatic heterocycles. The van der Waals surface area contributed by atoms with Crippen LogP contribution in [-0.2, 0) is 23.4 Å². The molecule has 0 aromatic heterocycles. The summed E-state index contributed by atoms with van der Waals surface area (Å²) in [6.07, 6.45) is 2.92. The van der Waals surface area contributed by atoms with Crippen LogP contribution in [0.5, 0.6) is 0 Å². The van der Waals surface area contributed by atoms with Crippen LogP contribution in [0.3, 0.4) is 0 Å². The molecule has 2 aliphatic rings. The van der Waals surface area contributed by atoms with E-state index in [9.17, 15) is 0 Å². The molecule has 0 bridgehead atoms. The molecule has 2 rings (SSSR count). The van der Waals surface area contributed by atoms with E-state index in [4.69, 9.17) is 23.4 Å². The molecule has 21 heavy (non-hydrogen) atoms. The lowest BCUT2D eigenvalue weighted by atomic mass is 10.5. The minimum Gasteiger partial charge on any atom is -0.417 e. The minimum absolute atomic E-state index is 0.369. The second-order valence-electron chi connectivity index (χ2n) is 6.15. The van der Waals surface area contributed by atoms with Gasteiger partial charge in [0.25, 0.3) is 0 Å². The highest BCUT2D eigenvalue weighted by Gasteiger charge is 2.28. The third kappa shape index (κ3) is 8.28. The van der Waals surface area contributed by atoms with Gasteiger partial charge in [-0.25, -0.2) is 0 Å². The van der Waals surface area contributed by atoms with E-state index in [1.54, 1.807) is 0 Å². The molecule has 2 unspecified atom stereocenters. The lowest BCUT2D eigenvalue weighted by Crippen LogP contribution is -2.35. The predicted octanol–water partition coefficient (Wildman–Crippen LogP) is 2.21. The zero-order valence-electron chi connectivity index (χ0n) is 13.5. The number of rotatable bonds is 14. The summed E-state index contributed by atoms with van der Waals surface area (Å²) in [5.41, 5.74) is 0. The van der Waals surface area contributed by atoms with Crippen molar-refractivity contribution < 1.29 is 23.4 Å². The van der Waals surface area contributed by atoms with E-state index in [2.05, 4.69) is 13.5 Å². The fourth-order valence-corrected chi connectivity index (χ4v) is 5.49. The predicted molar refractivity (Wildman–Crippen MR) is 83.2 cm³/mol. The molecule has 0 aliphatic carbocycles. The van der Waals surface area contributed by atoms with Crippen LogP contribution < -0.4 is 0 Å². The maximum Gasteiger partial charge on any atom is 0.189 e. The Morgan fingerprint density at radius 3 is 1.81 bits per heavy atom. The number of hydrogen-bond donors (Lipinski definition) is 0. The van der Waals surface area contributed by atoms with Crippen molar-refractivity contribution in [2.45, 2.75) is 50.6 Å². The minimum atomic E-state index is -1.60. The topological polar surface area (TPSA) is 52.8 Å². The Morgan fingerprint density at radius 2 is 1.43 bits per heavy atom. The van der Waals surface area contributed by atoms with Crippen molar-refractivity contribution in [3.63, 3.8) is 0 Å². The molecular formula is C15H30O5Si. The summed E-state index contributed by atoms with van der Waals surface area (Å²) in [4.78, 5) is 0. The molecule has 2 atom stereocenters. The third-order valence-electron chi connectivity index (χ3n) is 3.89. The molecule has 2 saturated heterocycles. The van der Waals surface area contributed by atoms with Crippen LogP contribution in [0.4, 0.5) is 0 Å². The Kier molecular flexibility index (Phi) is 7.63. The second-order valence-corrected chi connectivity index (χ2v) is 10.3. The Bertz CT molecular complexity index is 259. The van der Waals surface area contributed by atoms with Crippen LogP contribution in [0, 0.1) is 0 Å². The third-order valence-corrected chi connectivity index (χ3v) is 7.70. The van der Waals surface area contributed by atoms with Gasteiger partial charge in [-0.1, -0.05) is 0 Å². The lowest BCUT2D eigenvalue weighted by Gasteiger charge is -2.27. The fourth-order valence-electron chi connectivity index (χ4n) is 2.47. The first kappa shape index (κ1) is 17.4. The maximum absolute atomic E-state index is 6.09. The van der Waals surface area contributed by atoms with Crippen molar-refractivity contribution in [2.24, 2.45) is 0 Å². The molecule has 0 radical (unpaired) electrons. The summed E-state index contributed by atoms with van der Waals surface area (Å²) in [6, 6.07) is 2.33. The van der Waals surface area contributed by atoms with E-state index in [1.807, 2.05) is 0 Å². The Hall–Kier alpha value is 0.0169. The van der Waals surface area contributed by atoms with Gasteiger partial charge in [0.1, 0.15) is 12.2 Å². The van der Waals surface area contributed by atoms with Crippen molar-refractivity contribution >= 4 is 8.32 Å². The number of ether oxygens (including phenoxy) is 4. The monoisotopic (exact) mass is 318 g/mol. The van der Waals surface area contributed by atoms with Crippen molar-refractivity contribution in [1.29, 1.82) is 0 Å². The molecule has 5 nitrogen and oxygen atoms in total. The largest absolute Gasteiger partial charge is 0.417 e. The molecule has 0 N–H and O–H groups in total. The van der Waals surface area contributed by atoms with Gasteiger partial charge in [0.15, 0.2) is 8.32 Å². The Morgan fingerprint density at radius 1 is 0.952 bits per heavy atom. The summed E-state index contributed by atoms with van der Waals surface area (Å²) in [7, 11) is -1.60. The van der Waals surface area contributed by atoms with Gasteiger partial charge in [-0.05, 0) is 38.4 Å². The average molecular weight is 318 g/mol. The summed E-state index contributed by atoms with van der Waals surface area (Å²) in [5, 5.41) is 0. The standard InChI is InChI=1S/C15H30O5Si/c1-3-20-21(2,8-4-6-16-10-14-12-18-14)9-5-7-17-11-15-13-19-15/h14-15H,3-13H2,1-2H3. The first-order valence-corrected chi connectivity index (χ1v) is 11.1. The van der Waals surface area contributed by atoms with Gasteiger partial charge >= 0.3 is 0 Å². The van der Waals surface area contributed by atoms with E-state index in [1.165, 1.54) is 0 Å². The molecule has 0 saturated carbocycles. The van der Waals surface area contributed by atoms with Crippen LogP contribution >= 0.6 is 0 Å². The maximum atomic E-state index is 6.09. The Balaban J connectivity index is 1.50. The van der Waals surface area contributed by atoms with E-state index in [0.717, 1.165) is 71.2 Å². The van der Waals surface area contributed by atoms with E-state index in [-0.39, 0.29) is 0 Å². The van der Waals surface area contributed by atoms with Crippen LogP contribution in [0.2, 0.25) is 18.6 Å². The van der Waals surface area contributed by atoms with Gasteiger partial charge in [0, 0.05) is 19.8 Å². The highest BCUT2D eigenvalue weighted by atomic mass is 28.4. The van der Waals surface area contributed by atoms with Gasteiger partial charge in [0.05, 0.1) is 26.4 Å². The first-order valence-electron chi connectivity index (χ1n) is 8.24. The highest BCUT2D eigenvalue weighted by molar-refractivity contribution is 6.72. The summed E-state index contributed by atoms with van der Waals surface area (Å²) in [6.45, 7) is 10.1. The van der Waals surface area contributed by atoms with Crippen LogP contribution in [0.1, 0.15) is 19.8 Å². The molecule has 2 fully saturated rings. The summed E-state index contributed by atoms with van der Waals surface area (Å²) >= 11 is 0. The quantitative estimate of drug-likeness (QED) is 0.279. The average Bonchev–Trinajstić information content (AvgIpc) is 3.33. The summed E-state index contributed by atoms with van der Waals surface area (Å²) in [5.74, 6) is 0. The molecular weight excluding hydrogens is 288 g/mol. The van der Waals surface area contributed by atoms with Crippen LogP contribution in [-0.4, -0.2) is 66.8 Å². The van der Waals surface area contributed by atoms with Crippen molar-refractivity contribution in [1.82, 2.24) is 0 Å². The number of hydrogen-bond acceptors (Lipinski definition) is 5. The zero-order chi connectivity index (χ0) is 15.0. The van der Waals surface area contributed by atoms with Crippen molar-refractivity contribution in [3.05, 3.63) is 0 Å². The normalized spacial score (nSPS) is 26.6. The van der Waals surface area contributed by atoms with Crippen molar-refractivity contribution in [3.8, 4) is 0 Å². The van der Waals surface area contributed by atoms with Gasteiger partial charge in [-0.2, -0.15) is 0 Å². The van der Waals surface area contributed by atoms with E-state index in [0.29, 0.717) is 12.2 Å². The molecule has 0 aromatic carbocycles. The molecule has 6 heteroatoms. The van der Waals surface area contributed by atoms with Crippen LogP contribution in [0.25, 0.3) is 0 Å². The zero-order valence-corrected chi connectivity index (χ0v) is 14.5. The van der Waals surface area contributed by atoms with Gasteiger partial charge in [-0.3, -0.25) is 0 Å². The summed E-state index contributed by atoms with van der Waals surface area (Å²) < 4.78 is 27.6. The molecule has 124 valence electrons. The molecule has 0 spiro atoms. The number of epoxide rings is 2. The van der Waals surface area contributed by atoms with Gasteiger partial charge < -0.3 is 23.4 Å². The van der Waals surface area contributed by atoms with Crippen molar-refractivity contribution in [2.75, 3.05) is 46.2 Å². The Labute approximate surface area is 129 Å². The van der Waals surface area contributed by atoms with Gasteiger partial charge in [0.2, 0.25) is 0 Å². The molecule has 2 heterocycles. The SMILES string of the molecule is CCO[Si](C)(CCCOCC1CO1)CCCOCC1CO1. The van der Waals surface area contributed by atoms with E-state index >= 15 is 0 Å².